The number of rotatable bonds is 7. The zero-order valence-corrected chi connectivity index (χ0v) is 24.8. The summed E-state index contributed by atoms with van der Waals surface area (Å²) in [6.45, 7) is 8.71. The number of methoxy groups -OCH3 is 1. The van der Waals surface area contributed by atoms with Crippen LogP contribution in [0.1, 0.15) is 61.9 Å². The van der Waals surface area contributed by atoms with E-state index in [1.165, 1.54) is 18.4 Å². The average Bonchev–Trinajstić information content (AvgIpc) is 3.56. The van der Waals surface area contributed by atoms with Gasteiger partial charge in [0.05, 0.1) is 18.1 Å². The highest BCUT2D eigenvalue weighted by Gasteiger charge is 2.28. The van der Waals surface area contributed by atoms with Gasteiger partial charge < -0.3 is 23.8 Å². The van der Waals surface area contributed by atoms with E-state index in [-0.39, 0.29) is 18.3 Å². The molecule has 2 aromatic heterocycles. The van der Waals surface area contributed by atoms with Crippen molar-refractivity contribution in [1.29, 1.82) is 0 Å². The van der Waals surface area contributed by atoms with Crippen molar-refractivity contribution in [3.05, 3.63) is 71.4 Å². The van der Waals surface area contributed by atoms with Gasteiger partial charge in [0, 0.05) is 38.1 Å². The average molecular weight is 578 g/mol. The fraction of sp³-hybridized carbons (Fsp3) is 0.387. The SMILES string of the molecule is COC(=O)c1sc(-n2cnc3ccc(OC4CCN(C(=O)OC(C)(C)C)CC4)cc32)cc1OC(C)c1ccccc1. The second kappa shape index (κ2) is 11.8. The number of esters is 1. The number of carbonyl (C=O) groups excluding carboxylic acids is 2. The molecule has 5 rings (SSSR count). The lowest BCUT2D eigenvalue weighted by Gasteiger charge is -2.33. The first-order valence-electron chi connectivity index (χ1n) is 13.7. The molecule has 10 heteroatoms. The van der Waals surface area contributed by atoms with E-state index in [0.29, 0.717) is 42.3 Å². The highest BCUT2D eigenvalue weighted by atomic mass is 32.1. The van der Waals surface area contributed by atoms with Gasteiger partial charge in [0.2, 0.25) is 0 Å². The zero-order chi connectivity index (χ0) is 29.1. The first kappa shape index (κ1) is 28.5. The van der Waals surface area contributed by atoms with Gasteiger partial charge in [-0.25, -0.2) is 14.6 Å². The lowest BCUT2D eigenvalue weighted by Crippen LogP contribution is -2.44. The summed E-state index contributed by atoms with van der Waals surface area (Å²) in [4.78, 5) is 31.7. The molecule has 1 saturated heterocycles. The molecule has 1 amide bonds. The molecule has 41 heavy (non-hydrogen) atoms. The monoisotopic (exact) mass is 577 g/mol. The Bertz CT molecular complexity index is 1520. The van der Waals surface area contributed by atoms with E-state index in [1.807, 2.05) is 86.9 Å². The summed E-state index contributed by atoms with van der Waals surface area (Å²) in [5.41, 5.74) is 2.12. The Balaban J connectivity index is 1.33. The van der Waals surface area contributed by atoms with E-state index >= 15 is 0 Å². The van der Waals surface area contributed by atoms with Crippen LogP contribution < -0.4 is 9.47 Å². The largest absolute Gasteiger partial charge is 0.490 e. The summed E-state index contributed by atoms with van der Waals surface area (Å²) in [7, 11) is 1.36. The molecule has 2 aromatic carbocycles. The van der Waals surface area contributed by atoms with E-state index in [0.717, 1.165) is 21.6 Å². The standard InChI is InChI=1S/C31H35N3O6S/c1-20(21-9-7-6-8-10-21)38-26-18-27(41-28(26)29(35)37-5)34-19-32-24-12-11-23(17-25(24)34)39-22-13-15-33(16-14-22)30(36)40-31(2,3)4/h6-12,17-20,22H,13-16H2,1-5H3. The number of likely N-dealkylation sites (tertiary alicyclic amines) is 1. The van der Waals surface area contributed by atoms with Gasteiger partial charge in [0.15, 0.2) is 4.88 Å². The third-order valence-corrected chi connectivity index (χ3v) is 7.88. The summed E-state index contributed by atoms with van der Waals surface area (Å²) in [6, 6.07) is 17.5. The van der Waals surface area contributed by atoms with Gasteiger partial charge >= 0.3 is 12.1 Å². The molecule has 1 fully saturated rings. The van der Waals surface area contributed by atoms with Crippen LogP contribution in [0.2, 0.25) is 0 Å². The van der Waals surface area contributed by atoms with Crippen LogP contribution in [0.5, 0.6) is 11.5 Å². The van der Waals surface area contributed by atoms with E-state index in [9.17, 15) is 9.59 Å². The number of ether oxygens (including phenoxy) is 4. The van der Waals surface area contributed by atoms with Crippen LogP contribution in [-0.2, 0) is 9.47 Å². The fourth-order valence-corrected chi connectivity index (χ4v) is 5.69. The number of fused-ring (bicyclic) bond motifs is 1. The fourth-order valence-electron chi connectivity index (χ4n) is 4.70. The number of imidazole rings is 1. The van der Waals surface area contributed by atoms with Gasteiger partial charge in [0.1, 0.15) is 40.6 Å². The molecule has 0 N–H and O–H groups in total. The molecule has 0 spiro atoms. The van der Waals surface area contributed by atoms with Crippen molar-refractivity contribution in [2.75, 3.05) is 20.2 Å². The summed E-state index contributed by atoms with van der Waals surface area (Å²) < 4.78 is 25.0. The molecule has 0 radical (unpaired) electrons. The summed E-state index contributed by atoms with van der Waals surface area (Å²) in [6.07, 6.45) is 2.59. The van der Waals surface area contributed by atoms with E-state index < -0.39 is 11.6 Å². The number of hydrogen-bond acceptors (Lipinski definition) is 8. The second-order valence-corrected chi connectivity index (χ2v) is 12.0. The van der Waals surface area contributed by atoms with Crippen molar-refractivity contribution in [2.24, 2.45) is 0 Å². The Morgan fingerprint density at radius 2 is 1.78 bits per heavy atom. The van der Waals surface area contributed by atoms with Gasteiger partial charge in [0.25, 0.3) is 0 Å². The Kier molecular flexibility index (Phi) is 8.21. The summed E-state index contributed by atoms with van der Waals surface area (Å²) in [5, 5.41) is 0.769. The number of piperidine rings is 1. The van der Waals surface area contributed by atoms with Crippen LogP contribution in [0.15, 0.2) is 60.9 Å². The zero-order valence-electron chi connectivity index (χ0n) is 24.0. The highest BCUT2D eigenvalue weighted by Crippen LogP contribution is 2.37. The molecule has 4 aromatic rings. The molecular weight excluding hydrogens is 542 g/mol. The summed E-state index contributed by atoms with van der Waals surface area (Å²) >= 11 is 1.28. The van der Waals surface area contributed by atoms with Crippen molar-refractivity contribution in [3.8, 4) is 16.5 Å². The molecule has 0 saturated carbocycles. The summed E-state index contributed by atoms with van der Waals surface area (Å²) in [5.74, 6) is 0.718. The molecule has 1 atom stereocenters. The minimum atomic E-state index is -0.518. The maximum atomic E-state index is 12.6. The van der Waals surface area contributed by atoms with Crippen molar-refractivity contribution >= 4 is 34.4 Å². The van der Waals surface area contributed by atoms with Crippen molar-refractivity contribution < 1.29 is 28.5 Å². The molecule has 0 bridgehead atoms. The van der Waals surface area contributed by atoms with Crippen LogP contribution in [0.4, 0.5) is 4.79 Å². The molecule has 216 valence electrons. The Hall–Kier alpha value is -4.05. The lowest BCUT2D eigenvalue weighted by atomic mass is 10.1. The smallest absolute Gasteiger partial charge is 0.410 e. The molecule has 3 heterocycles. The van der Waals surface area contributed by atoms with Crippen molar-refractivity contribution in [1.82, 2.24) is 14.5 Å². The molecular formula is C31H35N3O6S. The number of amides is 1. The number of hydrogen-bond donors (Lipinski definition) is 0. The number of thiophene rings is 1. The molecule has 9 nitrogen and oxygen atoms in total. The molecule has 1 aliphatic heterocycles. The van der Waals surface area contributed by atoms with Crippen LogP contribution in [-0.4, -0.2) is 58.4 Å². The lowest BCUT2D eigenvalue weighted by molar-refractivity contribution is 0.0126. The first-order chi connectivity index (χ1) is 19.6. The predicted octanol–water partition coefficient (Wildman–Crippen LogP) is 6.79. The highest BCUT2D eigenvalue weighted by molar-refractivity contribution is 7.16. The van der Waals surface area contributed by atoms with Crippen LogP contribution in [0, 0.1) is 0 Å². The maximum absolute atomic E-state index is 12.6. The normalized spacial score (nSPS) is 15.0. The predicted molar refractivity (Wildman–Crippen MR) is 157 cm³/mol. The number of nitrogens with zero attached hydrogens (tertiary/aromatic N) is 3. The molecule has 1 unspecified atom stereocenters. The quantitative estimate of drug-likeness (QED) is 0.223. The van der Waals surface area contributed by atoms with E-state index in [1.54, 1.807) is 11.2 Å². The van der Waals surface area contributed by atoms with Crippen molar-refractivity contribution in [3.63, 3.8) is 0 Å². The van der Waals surface area contributed by atoms with Crippen molar-refractivity contribution in [2.45, 2.75) is 58.3 Å². The van der Waals surface area contributed by atoms with Crippen LogP contribution in [0.3, 0.4) is 0 Å². The topological polar surface area (TPSA) is 92.1 Å². The minimum absolute atomic E-state index is 0.0188. The minimum Gasteiger partial charge on any atom is -0.490 e. The third-order valence-electron chi connectivity index (χ3n) is 6.78. The second-order valence-electron chi connectivity index (χ2n) is 11.0. The van der Waals surface area contributed by atoms with Crippen LogP contribution in [0.25, 0.3) is 16.0 Å². The number of carbonyl (C=O) groups is 2. The van der Waals surface area contributed by atoms with Gasteiger partial charge in [-0.15, -0.1) is 11.3 Å². The third kappa shape index (κ3) is 6.65. The van der Waals surface area contributed by atoms with E-state index in [2.05, 4.69) is 4.98 Å². The van der Waals surface area contributed by atoms with Gasteiger partial charge in [-0.1, -0.05) is 30.3 Å². The number of aromatic nitrogens is 2. The van der Waals surface area contributed by atoms with E-state index in [4.69, 9.17) is 18.9 Å². The maximum Gasteiger partial charge on any atom is 0.410 e. The van der Waals surface area contributed by atoms with Gasteiger partial charge in [-0.2, -0.15) is 0 Å². The number of benzene rings is 2. The first-order valence-corrected chi connectivity index (χ1v) is 14.5. The van der Waals surface area contributed by atoms with Gasteiger partial charge in [-0.05, 0) is 45.4 Å². The Morgan fingerprint density at radius 3 is 2.46 bits per heavy atom. The van der Waals surface area contributed by atoms with Crippen LogP contribution >= 0.6 is 11.3 Å². The molecule has 1 aliphatic rings. The van der Waals surface area contributed by atoms with Gasteiger partial charge in [-0.3, -0.25) is 4.57 Å². The Labute approximate surface area is 243 Å². The Morgan fingerprint density at radius 1 is 1.05 bits per heavy atom. The molecule has 0 aliphatic carbocycles.